The fourth-order valence-corrected chi connectivity index (χ4v) is 3.48. The second kappa shape index (κ2) is 6.84. The van der Waals surface area contributed by atoms with Gasteiger partial charge < -0.3 is 4.57 Å². The van der Waals surface area contributed by atoms with Crippen LogP contribution in [0, 0.1) is 27.7 Å². The quantitative estimate of drug-likeness (QED) is 0.519. The highest BCUT2D eigenvalue weighted by Crippen LogP contribution is 2.23. The van der Waals surface area contributed by atoms with Crippen LogP contribution in [0.15, 0.2) is 29.4 Å². The summed E-state index contributed by atoms with van der Waals surface area (Å²) in [5, 5.41) is 12.6. The summed E-state index contributed by atoms with van der Waals surface area (Å²) in [4.78, 5) is 12.6. The Labute approximate surface area is 151 Å². The van der Waals surface area contributed by atoms with Gasteiger partial charge in [-0.05, 0) is 61.4 Å². The summed E-state index contributed by atoms with van der Waals surface area (Å²) >= 11 is 1.36. The van der Waals surface area contributed by atoms with Crippen LogP contribution >= 0.6 is 11.8 Å². The zero-order valence-electron chi connectivity index (χ0n) is 15.1. The molecule has 0 saturated heterocycles. The third kappa shape index (κ3) is 3.37. The maximum atomic E-state index is 12.6. The Hall–Kier alpha value is -2.41. The van der Waals surface area contributed by atoms with Crippen molar-refractivity contribution in [1.82, 2.24) is 24.8 Å². The molecule has 130 valence electrons. The van der Waals surface area contributed by atoms with E-state index in [4.69, 9.17) is 0 Å². The maximum Gasteiger partial charge on any atom is 0.214 e. The predicted octanol–water partition coefficient (Wildman–Crippen LogP) is 3.21. The van der Waals surface area contributed by atoms with Gasteiger partial charge in [0.1, 0.15) is 0 Å². The van der Waals surface area contributed by atoms with Gasteiger partial charge in [-0.1, -0.05) is 23.9 Å². The fourth-order valence-electron chi connectivity index (χ4n) is 2.71. The Morgan fingerprint density at radius 1 is 1.16 bits per heavy atom. The number of tetrazole rings is 1. The molecule has 1 aromatic carbocycles. The SMILES string of the molecule is Cc1ccc(C)c(-n2nnnc2SCC(=O)c2cc(C)n(C)c2C)c1. The van der Waals surface area contributed by atoms with Gasteiger partial charge in [-0.25, -0.2) is 0 Å². The van der Waals surface area contributed by atoms with E-state index in [0.29, 0.717) is 10.9 Å². The Bertz CT molecular complexity index is 941. The first-order chi connectivity index (χ1) is 11.9. The molecule has 0 bridgehead atoms. The van der Waals surface area contributed by atoms with Crippen molar-refractivity contribution in [3.63, 3.8) is 0 Å². The number of benzene rings is 1. The van der Waals surface area contributed by atoms with E-state index < -0.39 is 0 Å². The van der Waals surface area contributed by atoms with Crippen molar-refractivity contribution in [3.05, 3.63) is 52.3 Å². The van der Waals surface area contributed by atoms with Crippen molar-refractivity contribution in [3.8, 4) is 5.69 Å². The van der Waals surface area contributed by atoms with Crippen molar-refractivity contribution in [1.29, 1.82) is 0 Å². The molecule has 0 radical (unpaired) electrons. The molecule has 7 heteroatoms. The van der Waals surface area contributed by atoms with Gasteiger partial charge in [0.05, 0.1) is 11.4 Å². The minimum atomic E-state index is 0.0849. The van der Waals surface area contributed by atoms with E-state index in [9.17, 15) is 4.79 Å². The van der Waals surface area contributed by atoms with E-state index in [0.717, 1.165) is 33.8 Å². The number of carbonyl (C=O) groups excluding carboxylic acids is 1. The molecule has 0 aliphatic heterocycles. The lowest BCUT2D eigenvalue weighted by Gasteiger charge is -2.08. The molecule has 0 amide bonds. The van der Waals surface area contributed by atoms with Crippen LogP contribution in [0.2, 0.25) is 0 Å². The molecule has 0 unspecified atom stereocenters. The minimum Gasteiger partial charge on any atom is -0.351 e. The topological polar surface area (TPSA) is 65.6 Å². The number of thioether (sulfide) groups is 1. The van der Waals surface area contributed by atoms with Crippen LogP contribution < -0.4 is 0 Å². The zero-order chi connectivity index (χ0) is 18.1. The Balaban J connectivity index is 1.81. The molecule has 3 aromatic rings. The minimum absolute atomic E-state index is 0.0849. The van der Waals surface area contributed by atoms with E-state index in [-0.39, 0.29) is 5.78 Å². The lowest BCUT2D eigenvalue weighted by molar-refractivity contribution is 0.102. The van der Waals surface area contributed by atoms with Crippen molar-refractivity contribution >= 4 is 17.5 Å². The van der Waals surface area contributed by atoms with Crippen LogP contribution in [-0.4, -0.2) is 36.3 Å². The standard InChI is InChI=1S/C18H21N5OS/c1-11-6-7-12(2)16(8-11)23-18(19-20-21-23)25-10-17(24)15-9-13(3)22(5)14(15)4/h6-9H,10H2,1-5H3. The van der Waals surface area contributed by atoms with Gasteiger partial charge >= 0.3 is 0 Å². The smallest absolute Gasteiger partial charge is 0.214 e. The van der Waals surface area contributed by atoms with E-state index in [1.807, 2.05) is 57.5 Å². The molecular formula is C18H21N5OS. The Morgan fingerprint density at radius 3 is 2.60 bits per heavy atom. The molecule has 0 saturated carbocycles. The first kappa shape index (κ1) is 17.4. The van der Waals surface area contributed by atoms with Gasteiger partial charge in [-0.2, -0.15) is 4.68 Å². The van der Waals surface area contributed by atoms with Crippen LogP contribution in [0.4, 0.5) is 0 Å². The fraction of sp³-hybridized carbons (Fsp3) is 0.333. The predicted molar refractivity (Wildman–Crippen MR) is 98.6 cm³/mol. The van der Waals surface area contributed by atoms with E-state index in [1.165, 1.54) is 11.8 Å². The maximum absolute atomic E-state index is 12.6. The summed E-state index contributed by atoms with van der Waals surface area (Å²) in [5.41, 5.74) is 5.98. The number of hydrogen-bond donors (Lipinski definition) is 0. The largest absolute Gasteiger partial charge is 0.351 e. The lowest BCUT2D eigenvalue weighted by Crippen LogP contribution is -2.07. The van der Waals surface area contributed by atoms with Crippen LogP contribution in [0.5, 0.6) is 0 Å². The van der Waals surface area contributed by atoms with Gasteiger partial charge in [0.15, 0.2) is 5.78 Å². The molecule has 0 aliphatic carbocycles. The van der Waals surface area contributed by atoms with Crippen molar-refractivity contribution < 1.29 is 4.79 Å². The van der Waals surface area contributed by atoms with Crippen LogP contribution in [0.25, 0.3) is 5.69 Å². The number of rotatable bonds is 5. The van der Waals surface area contributed by atoms with E-state index in [2.05, 4.69) is 21.6 Å². The number of ketones is 1. The number of aryl methyl sites for hydroxylation is 3. The molecule has 2 aromatic heterocycles. The summed E-state index contributed by atoms with van der Waals surface area (Å²) in [6.07, 6.45) is 0. The summed E-state index contributed by atoms with van der Waals surface area (Å²) in [7, 11) is 1.97. The van der Waals surface area contributed by atoms with Gasteiger partial charge in [0.25, 0.3) is 0 Å². The monoisotopic (exact) mass is 355 g/mol. The molecule has 0 spiro atoms. The highest BCUT2D eigenvalue weighted by molar-refractivity contribution is 7.99. The summed E-state index contributed by atoms with van der Waals surface area (Å²) in [6, 6.07) is 8.08. The van der Waals surface area contributed by atoms with Crippen LogP contribution in [-0.2, 0) is 7.05 Å². The molecule has 2 heterocycles. The number of Topliss-reactive ketones (excluding diaryl/α,β-unsaturated/α-hetero) is 1. The van der Waals surface area contributed by atoms with Crippen LogP contribution in [0.1, 0.15) is 32.9 Å². The average Bonchev–Trinajstić information content (AvgIpc) is 3.15. The Kier molecular flexibility index (Phi) is 4.76. The molecule has 6 nitrogen and oxygen atoms in total. The third-order valence-electron chi connectivity index (χ3n) is 4.44. The molecular weight excluding hydrogens is 334 g/mol. The summed E-state index contributed by atoms with van der Waals surface area (Å²) in [6.45, 7) is 8.01. The average molecular weight is 355 g/mol. The molecule has 0 N–H and O–H groups in total. The van der Waals surface area contributed by atoms with Gasteiger partial charge in [-0.15, -0.1) is 5.10 Å². The molecule has 0 aliphatic rings. The second-order valence-electron chi connectivity index (χ2n) is 6.22. The third-order valence-corrected chi connectivity index (χ3v) is 5.36. The lowest BCUT2D eigenvalue weighted by atomic mass is 10.1. The highest BCUT2D eigenvalue weighted by atomic mass is 32.2. The number of aromatic nitrogens is 5. The van der Waals surface area contributed by atoms with Gasteiger partial charge in [0.2, 0.25) is 5.16 Å². The summed E-state index contributed by atoms with van der Waals surface area (Å²) < 4.78 is 3.72. The van der Waals surface area contributed by atoms with E-state index in [1.54, 1.807) is 4.68 Å². The van der Waals surface area contributed by atoms with Gasteiger partial charge in [0, 0.05) is 24.0 Å². The Morgan fingerprint density at radius 2 is 1.92 bits per heavy atom. The highest BCUT2D eigenvalue weighted by Gasteiger charge is 2.17. The van der Waals surface area contributed by atoms with Crippen molar-refractivity contribution in [2.45, 2.75) is 32.9 Å². The molecule has 0 fully saturated rings. The van der Waals surface area contributed by atoms with E-state index >= 15 is 0 Å². The van der Waals surface area contributed by atoms with Crippen molar-refractivity contribution in [2.24, 2.45) is 7.05 Å². The first-order valence-corrected chi connectivity index (χ1v) is 9.02. The molecule has 0 atom stereocenters. The second-order valence-corrected chi connectivity index (χ2v) is 7.16. The first-order valence-electron chi connectivity index (χ1n) is 8.03. The number of hydrogen-bond acceptors (Lipinski definition) is 5. The van der Waals surface area contributed by atoms with Crippen molar-refractivity contribution in [2.75, 3.05) is 5.75 Å². The number of carbonyl (C=O) groups is 1. The molecule has 3 rings (SSSR count). The normalized spacial score (nSPS) is 11.1. The number of nitrogens with zero attached hydrogens (tertiary/aromatic N) is 5. The summed E-state index contributed by atoms with van der Waals surface area (Å²) in [5.74, 6) is 0.386. The zero-order valence-corrected chi connectivity index (χ0v) is 15.9. The molecule has 25 heavy (non-hydrogen) atoms. The van der Waals surface area contributed by atoms with Gasteiger partial charge in [-0.3, -0.25) is 4.79 Å². The van der Waals surface area contributed by atoms with Crippen LogP contribution in [0.3, 0.4) is 0 Å².